The Morgan fingerprint density at radius 3 is 1.75 bits per heavy atom. The molecule has 2 atom stereocenters. The summed E-state index contributed by atoms with van der Waals surface area (Å²) in [7, 11) is -8.49. The van der Waals surface area contributed by atoms with E-state index in [-0.39, 0.29) is 0 Å². The predicted octanol–water partition coefficient (Wildman–Crippen LogP) is 5.74. The van der Waals surface area contributed by atoms with Gasteiger partial charge in [-0.3, -0.25) is 0 Å². The molecule has 4 nitrogen and oxygen atoms in total. The second-order valence-electron chi connectivity index (χ2n) is 8.49. The fraction of sp³-hybridized carbons (Fsp3) is 0.875. The van der Waals surface area contributed by atoms with E-state index in [1.807, 2.05) is 19.5 Å². The van der Waals surface area contributed by atoms with E-state index >= 15 is 0 Å². The van der Waals surface area contributed by atoms with E-state index in [9.17, 15) is 0 Å². The highest BCUT2D eigenvalue weighted by Crippen LogP contribution is 2.29. The zero-order valence-electron chi connectivity index (χ0n) is 17.5. The molecule has 8 heteroatoms. The molecule has 2 unspecified atom stereocenters. The summed E-state index contributed by atoms with van der Waals surface area (Å²) in [5.41, 5.74) is 0. The molecular weight excluding hydrogens is 369 g/mol. The van der Waals surface area contributed by atoms with Crippen LogP contribution in [-0.4, -0.2) is 40.6 Å². The highest BCUT2D eigenvalue weighted by atomic mass is 28.5. The molecule has 0 aromatic carbocycles. The van der Waals surface area contributed by atoms with Gasteiger partial charge in [0.1, 0.15) is 0 Å². The van der Waals surface area contributed by atoms with Gasteiger partial charge < -0.3 is 16.8 Å². The second-order valence-corrected chi connectivity index (χ2v) is 24.2. The third-order valence-corrected chi connectivity index (χ3v) is 16.5. The lowest BCUT2D eigenvalue weighted by atomic mass is 10.2. The van der Waals surface area contributed by atoms with E-state index in [0.717, 1.165) is 25.3 Å². The lowest BCUT2D eigenvalue weighted by Gasteiger charge is -2.41. The van der Waals surface area contributed by atoms with Crippen LogP contribution in [0.25, 0.3) is 0 Å². The molecular formula is C16H40O4Si4. The van der Waals surface area contributed by atoms with Crippen molar-refractivity contribution >= 4 is 34.0 Å². The smallest absolute Gasteiger partial charge is 0.437 e. The van der Waals surface area contributed by atoms with Crippen molar-refractivity contribution in [2.45, 2.75) is 84.6 Å². The maximum Gasteiger partial charge on any atom is 0.478 e. The quantitative estimate of drug-likeness (QED) is 0.221. The molecule has 0 radical (unpaired) electrons. The van der Waals surface area contributed by atoms with Crippen LogP contribution in [0.15, 0.2) is 12.7 Å². The van der Waals surface area contributed by atoms with Crippen LogP contribution < -0.4 is 0 Å². The van der Waals surface area contributed by atoms with Crippen molar-refractivity contribution in [1.82, 2.24) is 0 Å². The number of rotatable bonds is 13. The molecule has 0 aliphatic carbocycles. The molecule has 0 N–H and O–H groups in total. The van der Waals surface area contributed by atoms with Crippen LogP contribution >= 0.6 is 0 Å². The Morgan fingerprint density at radius 1 is 0.792 bits per heavy atom. The monoisotopic (exact) mass is 408 g/mol. The number of hydrogen-bond donors (Lipinski definition) is 0. The molecule has 0 heterocycles. The fourth-order valence-electron chi connectivity index (χ4n) is 2.80. The van der Waals surface area contributed by atoms with E-state index in [1.54, 1.807) is 0 Å². The number of hydrogen-bond acceptors (Lipinski definition) is 4. The molecule has 0 aliphatic heterocycles. The SMILES string of the molecule is C=CCCCC[Si](C)(O[Si](C)(C)C)O[Si](C)(OCC)O[Si](C)(C)C. The largest absolute Gasteiger partial charge is 0.478 e. The summed E-state index contributed by atoms with van der Waals surface area (Å²) < 4.78 is 25.7. The maximum absolute atomic E-state index is 6.65. The first-order chi connectivity index (χ1) is 10.7. The van der Waals surface area contributed by atoms with Crippen molar-refractivity contribution < 1.29 is 16.8 Å². The van der Waals surface area contributed by atoms with Crippen LogP contribution in [0.4, 0.5) is 0 Å². The van der Waals surface area contributed by atoms with Crippen LogP contribution in [0, 0.1) is 0 Å². The van der Waals surface area contributed by atoms with Crippen LogP contribution in [0.2, 0.25) is 58.4 Å². The average Bonchev–Trinajstić information content (AvgIpc) is 2.29. The van der Waals surface area contributed by atoms with Gasteiger partial charge in [0.25, 0.3) is 0 Å². The van der Waals surface area contributed by atoms with Gasteiger partial charge in [-0.25, -0.2) is 0 Å². The summed E-state index contributed by atoms with van der Waals surface area (Å²) in [5, 5.41) is 0. The number of allylic oxidation sites excluding steroid dienone is 1. The first kappa shape index (κ1) is 24.4. The van der Waals surface area contributed by atoms with Gasteiger partial charge in [0.15, 0.2) is 16.6 Å². The Bertz CT molecular complexity index is 381. The van der Waals surface area contributed by atoms with Gasteiger partial charge in [0, 0.05) is 13.2 Å². The molecule has 0 amide bonds. The van der Waals surface area contributed by atoms with Crippen LogP contribution in [0.3, 0.4) is 0 Å². The Balaban J connectivity index is 5.24. The molecule has 0 aliphatic rings. The summed E-state index contributed by atoms with van der Waals surface area (Å²) in [6, 6.07) is 0.982. The zero-order chi connectivity index (χ0) is 19.1. The molecule has 24 heavy (non-hydrogen) atoms. The number of unbranched alkanes of at least 4 members (excludes halogenated alkanes) is 2. The molecule has 0 fully saturated rings. The summed E-state index contributed by atoms with van der Waals surface area (Å²) in [6.45, 7) is 23.9. The van der Waals surface area contributed by atoms with Gasteiger partial charge in [0.2, 0.25) is 0 Å². The Hall–Kier alpha value is 0.448. The van der Waals surface area contributed by atoms with E-state index < -0.39 is 34.0 Å². The van der Waals surface area contributed by atoms with Gasteiger partial charge in [-0.2, -0.15) is 0 Å². The standard InChI is InChI=1S/C16H40O4Si4/c1-11-13-14-15-16-23(9,18-21(3,4)5)20-24(10,17-12-2)19-22(6,7)8/h11H,1,12-16H2,2-10H3. The third kappa shape index (κ3) is 11.9. The molecule has 0 aromatic rings. The van der Waals surface area contributed by atoms with Gasteiger partial charge in [-0.15, -0.1) is 6.58 Å². The molecule has 0 rings (SSSR count). The molecule has 0 aromatic heterocycles. The van der Waals surface area contributed by atoms with Crippen LogP contribution in [-0.2, 0) is 16.8 Å². The Kier molecular flexibility index (Phi) is 10.1. The molecule has 144 valence electrons. The highest BCUT2D eigenvalue weighted by Gasteiger charge is 2.48. The van der Waals surface area contributed by atoms with E-state index in [0.29, 0.717) is 6.61 Å². The van der Waals surface area contributed by atoms with Crippen molar-refractivity contribution in [2.75, 3.05) is 6.61 Å². The van der Waals surface area contributed by atoms with Crippen molar-refractivity contribution in [1.29, 1.82) is 0 Å². The highest BCUT2D eigenvalue weighted by molar-refractivity contribution is 6.88. The minimum Gasteiger partial charge on any atom is -0.437 e. The summed E-state index contributed by atoms with van der Waals surface area (Å²) in [4.78, 5) is 0. The first-order valence-corrected chi connectivity index (χ1v) is 20.7. The van der Waals surface area contributed by atoms with Crippen molar-refractivity contribution in [2.24, 2.45) is 0 Å². The van der Waals surface area contributed by atoms with E-state index in [1.165, 1.54) is 0 Å². The van der Waals surface area contributed by atoms with Crippen molar-refractivity contribution in [3.63, 3.8) is 0 Å². The average molecular weight is 409 g/mol. The van der Waals surface area contributed by atoms with Gasteiger partial charge in [-0.1, -0.05) is 12.5 Å². The van der Waals surface area contributed by atoms with Crippen LogP contribution in [0.1, 0.15) is 26.2 Å². The van der Waals surface area contributed by atoms with Gasteiger partial charge >= 0.3 is 17.4 Å². The normalized spacial score (nSPS) is 18.0. The fourth-order valence-corrected chi connectivity index (χ4v) is 19.4. The summed E-state index contributed by atoms with van der Waals surface area (Å²) >= 11 is 0. The zero-order valence-corrected chi connectivity index (χ0v) is 21.5. The first-order valence-electron chi connectivity index (χ1n) is 9.09. The second kappa shape index (κ2) is 9.96. The Labute approximate surface area is 154 Å². The molecule has 0 saturated carbocycles. The third-order valence-electron chi connectivity index (χ3n) is 3.11. The van der Waals surface area contributed by atoms with Crippen molar-refractivity contribution in [3.8, 4) is 0 Å². The van der Waals surface area contributed by atoms with Crippen molar-refractivity contribution in [3.05, 3.63) is 12.7 Å². The molecule has 0 spiro atoms. The van der Waals surface area contributed by atoms with Gasteiger partial charge in [-0.05, 0) is 71.6 Å². The van der Waals surface area contributed by atoms with Gasteiger partial charge in [0.05, 0.1) is 0 Å². The summed E-state index contributed by atoms with van der Waals surface area (Å²) in [6.07, 6.45) is 5.25. The maximum atomic E-state index is 6.65. The van der Waals surface area contributed by atoms with Crippen LogP contribution in [0.5, 0.6) is 0 Å². The minimum atomic E-state index is -2.69. The minimum absolute atomic E-state index is 0.612. The topological polar surface area (TPSA) is 36.9 Å². The molecule has 0 bridgehead atoms. The lowest BCUT2D eigenvalue weighted by Crippen LogP contribution is -2.59. The predicted molar refractivity (Wildman–Crippen MR) is 114 cm³/mol. The Morgan fingerprint density at radius 2 is 1.33 bits per heavy atom. The van der Waals surface area contributed by atoms with E-state index in [4.69, 9.17) is 16.8 Å². The lowest BCUT2D eigenvalue weighted by molar-refractivity contribution is 0.162. The van der Waals surface area contributed by atoms with E-state index in [2.05, 4.69) is 52.4 Å². The molecule has 0 saturated heterocycles. The summed E-state index contributed by atoms with van der Waals surface area (Å²) in [5.74, 6) is 0.